The molecule has 1 aromatic heterocycles. The van der Waals surface area contributed by atoms with Gasteiger partial charge in [0.15, 0.2) is 0 Å². The first kappa shape index (κ1) is 23.4. The van der Waals surface area contributed by atoms with Gasteiger partial charge < -0.3 is 15.4 Å². The number of piperidine rings is 1. The lowest BCUT2D eigenvalue weighted by molar-refractivity contribution is 0.102. The summed E-state index contributed by atoms with van der Waals surface area (Å²) in [5.41, 5.74) is 4.05. The highest BCUT2D eigenvalue weighted by molar-refractivity contribution is 7.99. The number of nitrogens with zero attached hydrogens (tertiary/aromatic N) is 1. The van der Waals surface area contributed by atoms with Crippen molar-refractivity contribution in [3.63, 3.8) is 0 Å². The molecule has 2 aromatic carbocycles. The molecule has 2 heterocycles. The van der Waals surface area contributed by atoms with Crippen molar-refractivity contribution in [3.05, 3.63) is 76.0 Å². The molecule has 172 valence electrons. The van der Waals surface area contributed by atoms with Crippen LogP contribution in [0.15, 0.2) is 60.0 Å². The number of carbonyl (C=O) groups excluding carboxylic acids is 2. The average molecular weight is 481 g/mol. The summed E-state index contributed by atoms with van der Waals surface area (Å²) in [7, 11) is 0. The van der Waals surface area contributed by atoms with Crippen LogP contribution in [0.25, 0.3) is 0 Å². The maximum absolute atomic E-state index is 12.8. The first-order valence-corrected chi connectivity index (χ1v) is 13.1. The van der Waals surface area contributed by atoms with Gasteiger partial charge >= 0.3 is 0 Å². The Kier molecular flexibility index (Phi) is 8.04. The Morgan fingerprint density at radius 2 is 1.61 bits per heavy atom. The van der Waals surface area contributed by atoms with Crippen molar-refractivity contribution in [2.75, 3.05) is 34.7 Å². The zero-order chi connectivity index (χ0) is 23.0. The van der Waals surface area contributed by atoms with Gasteiger partial charge in [0.2, 0.25) is 0 Å². The van der Waals surface area contributed by atoms with Crippen LogP contribution in [0, 0.1) is 0 Å². The quantitative estimate of drug-likeness (QED) is 0.349. The normalized spacial score (nSPS) is 14.0. The van der Waals surface area contributed by atoms with E-state index in [-0.39, 0.29) is 11.8 Å². The van der Waals surface area contributed by atoms with Gasteiger partial charge in [-0.2, -0.15) is 0 Å². The van der Waals surface area contributed by atoms with Crippen LogP contribution in [0.2, 0.25) is 0 Å². The topological polar surface area (TPSA) is 73.5 Å². The SMILES string of the molecule is CSNc1cccc(NC(=O)c2cc(C(=O)Nc3cccc(CN4CCCCC4)c3)cs2)c1. The summed E-state index contributed by atoms with van der Waals surface area (Å²) in [4.78, 5) is 28.4. The molecule has 3 N–H and O–H groups in total. The fourth-order valence-electron chi connectivity index (χ4n) is 3.87. The molecule has 33 heavy (non-hydrogen) atoms. The van der Waals surface area contributed by atoms with E-state index in [0.29, 0.717) is 16.1 Å². The van der Waals surface area contributed by atoms with E-state index in [4.69, 9.17) is 0 Å². The van der Waals surface area contributed by atoms with Crippen LogP contribution < -0.4 is 15.4 Å². The second-order valence-electron chi connectivity index (χ2n) is 8.03. The number of rotatable bonds is 8. The summed E-state index contributed by atoms with van der Waals surface area (Å²) in [6.07, 6.45) is 5.76. The van der Waals surface area contributed by atoms with E-state index >= 15 is 0 Å². The zero-order valence-electron chi connectivity index (χ0n) is 18.6. The van der Waals surface area contributed by atoms with Crippen molar-refractivity contribution in [1.82, 2.24) is 4.90 Å². The molecule has 0 spiro atoms. The number of nitrogens with one attached hydrogen (secondary N) is 3. The van der Waals surface area contributed by atoms with Crippen molar-refractivity contribution >= 4 is 52.2 Å². The Labute approximate surface area is 202 Å². The molecule has 0 saturated carbocycles. The predicted molar refractivity (Wildman–Crippen MR) is 139 cm³/mol. The van der Waals surface area contributed by atoms with Crippen LogP contribution in [-0.4, -0.2) is 36.1 Å². The van der Waals surface area contributed by atoms with Gasteiger partial charge in [-0.1, -0.05) is 36.6 Å². The van der Waals surface area contributed by atoms with Crippen LogP contribution in [0.1, 0.15) is 44.9 Å². The van der Waals surface area contributed by atoms with Gasteiger partial charge in [-0.15, -0.1) is 11.3 Å². The molecule has 1 aliphatic rings. The van der Waals surface area contributed by atoms with Gasteiger partial charge in [-0.3, -0.25) is 14.5 Å². The molecule has 0 bridgehead atoms. The van der Waals surface area contributed by atoms with E-state index in [1.54, 1.807) is 11.4 Å². The molecule has 6 nitrogen and oxygen atoms in total. The van der Waals surface area contributed by atoms with Gasteiger partial charge in [0.05, 0.1) is 10.4 Å². The maximum Gasteiger partial charge on any atom is 0.265 e. The van der Waals surface area contributed by atoms with Gasteiger partial charge in [-0.05, 0) is 67.9 Å². The first-order valence-electron chi connectivity index (χ1n) is 11.0. The van der Waals surface area contributed by atoms with Crippen molar-refractivity contribution in [3.8, 4) is 0 Å². The number of thiophene rings is 1. The molecule has 3 aromatic rings. The molecule has 8 heteroatoms. The number of amides is 2. The lowest BCUT2D eigenvalue weighted by Crippen LogP contribution is -2.29. The van der Waals surface area contributed by atoms with E-state index < -0.39 is 0 Å². The van der Waals surface area contributed by atoms with E-state index in [9.17, 15) is 9.59 Å². The van der Waals surface area contributed by atoms with Crippen molar-refractivity contribution < 1.29 is 9.59 Å². The molecule has 1 aliphatic heterocycles. The lowest BCUT2D eigenvalue weighted by Gasteiger charge is -2.26. The van der Waals surface area contributed by atoms with Crippen molar-refractivity contribution in [1.29, 1.82) is 0 Å². The van der Waals surface area contributed by atoms with E-state index in [0.717, 1.165) is 31.0 Å². The third-order valence-electron chi connectivity index (χ3n) is 5.47. The smallest absolute Gasteiger partial charge is 0.265 e. The predicted octanol–water partition coefficient (Wildman–Crippen LogP) is 5.93. The van der Waals surface area contributed by atoms with Gasteiger partial charge in [-0.25, -0.2) is 0 Å². The van der Waals surface area contributed by atoms with Crippen LogP contribution in [0.5, 0.6) is 0 Å². The molecule has 0 atom stereocenters. The summed E-state index contributed by atoms with van der Waals surface area (Å²) >= 11 is 2.75. The second kappa shape index (κ2) is 11.4. The Morgan fingerprint density at radius 1 is 0.909 bits per heavy atom. The molecule has 1 fully saturated rings. The molecule has 0 aliphatic carbocycles. The minimum atomic E-state index is -0.233. The van der Waals surface area contributed by atoms with Gasteiger partial charge in [0, 0.05) is 35.2 Å². The standard InChI is InChI=1S/C25H28N4O2S2/c1-32-28-22-10-6-9-21(15-22)27-25(31)23-14-19(17-33-23)24(30)26-20-8-5-7-18(13-20)16-29-11-3-2-4-12-29/h5-10,13-15,17,28H,2-4,11-12,16H2,1H3,(H,26,30)(H,27,31). The van der Waals surface area contributed by atoms with E-state index in [1.165, 1.54) is 48.1 Å². The average Bonchev–Trinajstić information content (AvgIpc) is 3.31. The highest BCUT2D eigenvalue weighted by Crippen LogP contribution is 2.22. The second-order valence-corrected chi connectivity index (χ2v) is 9.56. The highest BCUT2D eigenvalue weighted by Gasteiger charge is 2.15. The Bertz CT molecular complexity index is 1110. The highest BCUT2D eigenvalue weighted by atomic mass is 32.2. The van der Waals surface area contributed by atoms with Crippen molar-refractivity contribution in [2.45, 2.75) is 25.8 Å². The number of hydrogen-bond donors (Lipinski definition) is 3. The van der Waals surface area contributed by atoms with Gasteiger partial charge in [0.25, 0.3) is 11.8 Å². The summed E-state index contributed by atoms with van der Waals surface area (Å²) in [5, 5.41) is 7.57. The Morgan fingerprint density at radius 3 is 2.39 bits per heavy atom. The number of benzene rings is 2. The summed E-state index contributed by atoms with van der Waals surface area (Å²) in [5.74, 6) is -0.449. The minimum Gasteiger partial charge on any atom is -0.330 e. The van der Waals surface area contributed by atoms with Crippen LogP contribution in [0.3, 0.4) is 0 Å². The number of hydrogen-bond acceptors (Lipinski definition) is 6. The molecule has 1 saturated heterocycles. The zero-order valence-corrected chi connectivity index (χ0v) is 20.2. The molecular weight excluding hydrogens is 452 g/mol. The minimum absolute atomic E-state index is 0.216. The Balaban J connectivity index is 1.36. The third kappa shape index (κ3) is 6.60. The molecule has 0 unspecified atom stereocenters. The van der Waals surface area contributed by atoms with E-state index in [2.05, 4.69) is 26.3 Å². The number of carbonyl (C=O) groups is 2. The lowest BCUT2D eigenvalue weighted by atomic mass is 10.1. The van der Waals surface area contributed by atoms with Crippen LogP contribution in [-0.2, 0) is 6.54 Å². The Hall–Kier alpha value is -2.81. The fraction of sp³-hybridized carbons (Fsp3) is 0.280. The van der Waals surface area contributed by atoms with Gasteiger partial charge in [0.1, 0.15) is 0 Å². The summed E-state index contributed by atoms with van der Waals surface area (Å²) < 4.78 is 3.14. The molecular formula is C25H28N4O2S2. The maximum atomic E-state index is 12.8. The van der Waals surface area contributed by atoms with Crippen LogP contribution in [0.4, 0.5) is 17.1 Å². The van der Waals surface area contributed by atoms with Crippen molar-refractivity contribution in [2.24, 2.45) is 0 Å². The monoisotopic (exact) mass is 480 g/mol. The van der Waals surface area contributed by atoms with Crippen LogP contribution >= 0.6 is 23.3 Å². The van der Waals surface area contributed by atoms with E-state index in [1.807, 2.05) is 48.7 Å². The number of likely N-dealkylation sites (tertiary alicyclic amines) is 1. The summed E-state index contributed by atoms with van der Waals surface area (Å²) in [6, 6.07) is 17.1. The molecule has 0 radical (unpaired) electrons. The summed E-state index contributed by atoms with van der Waals surface area (Å²) in [6.45, 7) is 3.17. The first-order chi connectivity index (χ1) is 16.1. The fourth-order valence-corrected chi connectivity index (χ4v) is 5.02. The molecule has 4 rings (SSSR count). The third-order valence-corrected chi connectivity index (χ3v) is 6.83. The molecule has 2 amide bonds. The largest absolute Gasteiger partial charge is 0.330 e. The number of anilines is 3.